The van der Waals surface area contributed by atoms with Crippen molar-refractivity contribution in [2.75, 3.05) is 0 Å². The highest BCUT2D eigenvalue weighted by molar-refractivity contribution is 5.71. The first-order valence-corrected chi connectivity index (χ1v) is 9.98. The second-order valence-corrected chi connectivity index (χ2v) is 7.04. The third-order valence-electron chi connectivity index (χ3n) is 4.89. The number of unbranched alkanes of at least 4 members (excludes halogenated alkanes) is 1. The summed E-state index contributed by atoms with van der Waals surface area (Å²) in [6, 6.07) is 19.3. The molecule has 0 atom stereocenters. The van der Waals surface area contributed by atoms with Crippen LogP contribution < -0.4 is 0 Å². The van der Waals surface area contributed by atoms with Gasteiger partial charge in [-0.2, -0.15) is 0 Å². The lowest BCUT2D eigenvalue weighted by Gasteiger charge is -2.09. The fraction of sp³-hybridized carbons (Fsp3) is 0.231. The molecule has 0 radical (unpaired) electrons. The van der Waals surface area contributed by atoms with Crippen molar-refractivity contribution in [1.29, 1.82) is 0 Å². The van der Waals surface area contributed by atoms with E-state index in [1.165, 1.54) is 5.56 Å². The number of allylic oxidation sites excluding steroid dienone is 1. The zero-order valence-corrected chi connectivity index (χ0v) is 16.5. The minimum absolute atomic E-state index is 0.306. The summed E-state index contributed by atoms with van der Waals surface area (Å²) in [5, 5.41) is 0. The van der Waals surface area contributed by atoms with Gasteiger partial charge in [0.15, 0.2) is 11.6 Å². The van der Waals surface area contributed by atoms with Crippen LogP contribution in [-0.4, -0.2) is 0 Å². The molecule has 0 bridgehead atoms. The smallest absolute Gasteiger partial charge is 0.166 e. The van der Waals surface area contributed by atoms with Crippen LogP contribution in [0, 0.1) is 11.6 Å². The molecular weight excluding hydrogens is 350 g/mol. The summed E-state index contributed by atoms with van der Waals surface area (Å²) in [6.07, 6.45) is 7.88. The molecule has 0 saturated carbocycles. The van der Waals surface area contributed by atoms with Crippen molar-refractivity contribution < 1.29 is 8.78 Å². The minimum Gasteiger partial charge on any atom is -0.203 e. The highest BCUT2D eigenvalue weighted by Gasteiger charge is 2.14. The van der Waals surface area contributed by atoms with Gasteiger partial charge in [0.05, 0.1) is 0 Å². The Hall–Kier alpha value is -2.74. The van der Waals surface area contributed by atoms with Crippen molar-refractivity contribution >= 4 is 6.08 Å². The molecule has 0 amide bonds. The maximum atomic E-state index is 14.5. The zero-order valence-electron chi connectivity index (χ0n) is 16.5. The Labute approximate surface area is 166 Å². The predicted octanol–water partition coefficient (Wildman–Crippen LogP) is 8.06. The number of hydrogen-bond acceptors (Lipinski definition) is 0. The van der Waals surface area contributed by atoms with E-state index in [0.717, 1.165) is 30.4 Å². The van der Waals surface area contributed by atoms with Gasteiger partial charge >= 0.3 is 0 Å². The molecule has 0 spiro atoms. The summed E-state index contributed by atoms with van der Waals surface area (Å²) in [4.78, 5) is 0. The Morgan fingerprint density at radius 1 is 0.679 bits per heavy atom. The largest absolute Gasteiger partial charge is 0.203 e. The van der Waals surface area contributed by atoms with E-state index in [4.69, 9.17) is 0 Å². The van der Waals surface area contributed by atoms with Gasteiger partial charge in [0.2, 0.25) is 0 Å². The SMILES string of the molecule is CCCC=Cc1ccc(-c2ccc(-c3ccc(CCC)c(F)c3F)cc2)cc1. The first kappa shape index (κ1) is 20.0. The average molecular weight is 376 g/mol. The van der Waals surface area contributed by atoms with Gasteiger partial charge in [0.25, 0.3) is 0 Å². The van der Waals surface area contributed by atoms with E-state index in [1.54, 1.807) is 12.1 Å². The summed E-state index contributed by atoms with van der Waals surface area (Å²) in [5.74, 6) is -1.49. The molecule has 0 N–H and O–H groups in total. The standard InChI is InChI=1S/C26H26F2/c1-3-5-6-8-19-9-11-20(12-10-19)21-13-15-22(16-14-21)24-18-17-23(7-4-2)25(27)26(24)28/h6,8-18H,3-5,7H2,1-2H3. The van der Waals surface area contributed by atoms with Crippen LogP contribution in [0.1, 0.15) is 44.2 Å². The monoisotopic (exact) mass is 376 g/mol. The first-order chi connectivity index (χ1) is 13.6. The molecule has 0 heterocycles. The van der Waals surface area contributed by atoms with E-state index in [2.05, 4.69) is 43.3 Å². The molecule has 0 saturated heterocycles. The van der Waals surface area contributed by atoms with Crippen LogP contribution in [0.5, 0.6) is 0 Å². The van der Waals surface area contributed by atoms with Gasteiger partial charge < -0.3 is 0 Å². The summed E-state index contributed by atoms with van der Waals surface area (Å²) >= 11 is 0. The lowest BCUT2D eigenvalue weighted by Crippen LogP contribution is -1.97. The molecule has 0 aromatic heterocycles. The second kappa shape index (κ2) is 9.45. The molecule has 0 nitrogen and oxygen atoms in total. The molecule has 3 rings (SSSR count). The fourth-order valence-corrected chi connectivity index (χ4v) is 3.29. The highest BCUT2D eigenvalue weighted by atomic mass is 19.2. The van der Waals surface area contributed by atoms with Gasteiger partial charge in [-0.05, 0) is 40.7 Å². The number of aryl methyl sites for hydroxylation is 1. The Morgan fingerprint density at radius 2 is 1.29 bits per heavy atom. The van der Waals surface area contributed by atoms with Crippen LogP contribution >= 0.6 is 0 Å². The van der Waals surface area contributed by atoms with E-state index in [1.807, 2.05) is 31.2 Å². The van der Waals surface area contributed by atoms with Crippen LogP contribution in [0.4, 0.5) is 8.78 Å². The van der Waals surface area contributed by atoms with Gasteiger partial charge in [0, 0.05) is 5.56 Å². The third kappa shape index (κ3) is 4.56. The van der Waals surface area contributed by atoms with Gasteiger partial charge in [-0.3, -0.25) is 0 Å². The Kier molecular flexibility index (Phi) is 6.76. The van der Waals surface area contributed by atoms with Crippen LogP contribution in [0.2, 0.25) is 0 Å². The molecule has 3 aromatic carbocycles. The Bertz CT molecular complexity index is 935. The van der Waals surface area contributed by atoms with Crippen LogP contribution in [0.15, 0.2) is 66.7 Å². The van der Waals surface area contributed by atoms with Gasteiger partial charge in [-0.25, -0.2) is 8.78 Å². The first-order valence-electron chi connectivity index (χ1n) is 9.98. The molecule has 0 aliphatic heterocycles. The quantitative estimate of drug-likeness (QED) is 0.391. The van der Waals surface area contributed by atoms with Gasteiger partial charge in [0.1, 0.15) is 0 Å². The van der Waals surface area contributed by atoms with Crippen molar-refractivity contribution in [3.63, 3.8) is 0 Å². The van der Waals surface area contributed by atoms with Gasteiger partial charge in [-0.1, -0.05) is 99.5 Å². The normalized spacial score (nSPS) is 11.3. The van der Waals surface area contributed by atoms with Crippen molar-refractivity contribution in [2.24, 2.45) is 0 Å². The van der Waals surface area contributed by atoms with E-state index >= 15 is 0 Å². The Balaban J connectivity index is 1.81. The summed E-state index contributed by atoms with van der Waals surface area (Å²) < 4.78 is 28.7. The maximum Gasteiger partial charge on any atom is 0.166 e. The van der Waals surface area contributed by atoms with E-state index in [-0.39, 0.29) is 0 Å². The zero-order chi connectivity index (χ0) is 19.9. The Morgan fingerprint density at radius 3 is 1.89 bits per heavy atom. The summed E-state index contributed by atoms with van der Waals surface area (Å²) in [7, 11) is 0. The lowest BCUT2D eigenvalue weighted by atomic mass is 9.97. The number of rotatable bonds is 7. The topological polar surface area (TPSA) is 0 Å². The van der Waals surface area contributed by atoms with E-state index in [0.29, 0.717) is 23.1 Å². The van der Waals surface area contributed by atoms with E-state index < -0.39 is 11.6 Å². The number of halogens is 2. The predicted molar refractivity (Wildman–Crippen MR) is 115 cm³/mol. The molecule has 0 aliphatic carbocycles. The number of benzene rings is 3. The molecule has 2 heteroatoms. The minimum atomic E-state index is -0.762. The molecule has 144 valence electrons. The molecule has 3 aromatic rings. The number of hydrogen-bond donors (Lipinski definition) is 0. The molecule has 0 aliphatic rings. The van der Waals surface area contributed by atoms with Crippen molar-refractivity contribution in [3.8, 4) is 22.3 Å². The van der Waals surface area contributed by atoms with Crippen LogP contribution in [0.3, 0.4) is 0 Å². The molecule has 28 heavy (non-hydrogen) atoms. The van der Waals surface area contributed by atoms with E-state index in [9.17, 15) is 8.78 Å². The fourth-order valence-electron chi connectivity index (χ4n) is 3.29. The summed E-state index contributed by atoms with van der Waals surface area (Å²) in [5.41, 5.74) is 4.76. The molecule has 0 fully saturated rings. The van der Waals surface area contributed by atoms with Crippen LogP contribution in [-0.2, 0) is 6.42 Å². The van der Waals surface area contributed by atoms with Crippen LogP contribution in [0.25, 0.3) is 28.3 Å². The van der Waals surface area contributed by atoms with Crippen molar-refractivity contribution in [2.45, 2.75) is 39.5 Å². The maximum absolute atomic E-state index is 14.5. The summed E-state index contributed by atoms with van der Waals surface area (Å²) in [6.45, 7) is 4.12. The lowest BCUT2D eigenvalue weighted by molar-refractivity contribution is 0.500. The van der Waals surface area contributed by atoms with Crippen molar-refractivity contribution in [3.05, 3.63) is 89.5 Å². The second-order valence-electron chi connectivity index (χ2n) is 7.04. The molecule has 0 unspecified atom stereocenters. The molecular formula is C26H26F2. The third-order valence-corrected chi connectivity index (χ3v) is 4.89. The average Bonchev–Trinajstić information content (AvgIpc) is 2.73. The highest BCUT2D eigenvalue weighted by Crippen LogP contribution is 2.29. The van der Waals surface area contributed by atoms with Crippen molar-refractivity contribution in [1.82, 2.24) is 0 Å². The van der Waals surface area contributed by atoms with Gasteiger partial charge in [-0.15, -0.1) is 0 Å².